The lowest BCUT2D eigenvalue weighted by Gasteiger charge is -2.29. The second-order valence-corrected chi connectivity index (χ2v) is 7.45. The van der Waals surface area contributed by atoms with E-state index < -0.39 is 5.63 Å². The standard InChI is InChI=1S/C22H24N2O4/c25-13-12-23-8-10-24(11-9-23)15-19-20(26)7-6-17-14-18(22(27)28-21(17)19)16-4-2-1-3-5-16/h1-7,14,25-26H,8-13,15H2/p+2. The minimum Gasteiger partial charge on any atom is -0.507 e. The molecule has 0 amide bonds. The van der Waals surface area contributed by atoms with Crippen molar-refractivity contribution in [3.63, 3.8) is 0 Å². The fourth-order valence-electron chi connectivity index (χ4n) is 4.01. The van der Waals surface area contributed by atoms with Gasteiger partial charge in [-0.1, -0.05) is 30.3 Å². The van der Waals surface area contributed by atoms with Gasteiger partial charge in [0.05, 0.1) is 17.7 Å². The largest absolute Gasteiger partial charge is 0.507 e. The fraction of sp³-hybridized carbons (Fsp3) is 0.318. The summed E-state index contributed by atoms with van der Waals surface area (Å²) in [5.74, 6) is 0.167. The van der Waals surface area contributed by atoms with Gasteiger partial charge in [-0.05, 0) is 23.8 Å². The van der Waals surface area contributed by atoms with E-state index in [4.69, 9.17) is 9.52 Å². The van der Waals surface area contributed by atoms with Crippen molar-refractivity contribution in [2.75, 3.05) is 39.3 Å². The number of benzene rings is 2. The van der Waals surface area contributed by atoms with Crippen LogP contribution >= 0.6 is 0 Å². The third-order valence-corrected chi connectivity index (χ3v) is 5.62. The summed E-state index contributed by atoms with van der Waals surface area (Å²) < 4.78 is 5.69. The summed E-state index contributed by atoms with van der Waals surface area (Å²) >= 11 is 0. The highest BCUT2D eigenvalue weighted by Crippen LogP contribution is 2.28. The number of fused-ring (bicyclic) bond motifs is 1. The molecule has 0 aliphatic carbocycles. The number of piperazine rings is 1. The van der Waals surface area contributed by atoms with Gasteiger partial charge in [-0.25, -0.2) is 4.79 Å². The average molecular weight is 382 g/mol. The van der Waals surface area contributed by atoms with Crippen LogP contribution in [0, 0.1) is 0 Å². The molecule has 4 N–H and O–H groups in total. The van der Waals surface area contributed by atoms with Crippen molar-refractivity contribution in [2.45, 2.75) is 6.54 Å². The number of hydrogen-bond donors (Lipinski definition) is 4. The number of aliphatic hydroxyl groups is 1. The highest BCUT2D eigenvalue weighted by Gasteiger charge is 2.25. The molecule has 2 aromatic carbocycles. The molecule has 2 heterocycles. The van der Waals surface area contributed by atoms with Crippen LogP contribution in [0.4, 0.5) is 0 Å². The van der Waals surface area contributed by atoms with Crippen molar-refractivity contribution in [2.24, 2.45) is 0 Å². The van der Waals surface area contributed by atoms with Crippen LogP contribution in [0.5, 0.6) is 5.75 Å². The summed E-state index contributed by atoms with van der Waals surface area (Å²) in [7, 11) is 0. The van der Waals surface area contributed by atoms with E-state index in [9.17, 15) is 9.90 Å². The maximum Gasteiger partial charge on any atom is 0.344 e. The summed E-state index contributed by atoms with van der Waals surface area (Å²) in [6.07, 6.45) is 0. The van der Waals surface area contributed by atoms with Crippen molar-refractivity contribution < 1.29 is 24.4 Å². The summed E-state index contributed by atoms with van der Waals surface area (Å²) in [5, 5.41) is 20.4. The molecule has 4 rings (SSSR count). The fourth-order valence-corrected chi connectivity index (χ4v) is 4.01. The molecule has 1 aromatic heterocycles. The topological polar surface area (TPSA) is 79.5 Å². The number of phenols is 1. The molecule has 1 aliphatic rings. The molecule has 0 atom stereocenters. The first-order valence-electron chi connectivity index (χ1n) is 9.78. The maximum absolute atomic E-state index is 12.6. The second kappa shape index (κ2) is 8.14. The average Bonchev–Trinajstić information content (AvgIpc) is 2.72. The molecule has 146 valence electrons. The number of quaternary nitrogens is 2. The summed E-state index contributed by atoms with van der Waals surface area (Å²) in [5.41, 5.74) is 2.12. The molecule has 6 nitrogen and oxygen atoms in total. The minimum absolute atomic E-state index is 0.167. The van der Waals surface area contributed by atoms with Gasteiger partial charge in [-0.2, -0.15) is 0 Å². The van der Waals surface area contributed by atoms with Gasteiger partial charge >= 0.3 is 5.63 Å². The van der Waals surface area contributed by atoms with Gasteiger partial charge in [-0.15, -0.1) is 0 Å². The zero-order chi connectivity index (χ0) is 19.5. The first kappa shape index (κ1) is 18.7. The highest BCUT2D eigenvalue weighted by molar-refractivity contribution is 5.85. The van der Waals surface area contributed by atoms with Gasteiger partial charge in [-0.3, -0.25) is 0 Å². The van der Waals surface area contributed by atoms with Crippen LogP contribution in [0.2, 0.25) is 0 Å². The zero-order valence-electron chi connectivity index (χ0n) is 15.8. The Kier molecular flexibility index (Phi) is 5.43. The Bertz CT molecular complexity index is 1010. The number of phenolic OH excluding ortho intramolecular Hbond substituents is 1. The quantitative estimate of drug-likeness (QED) is 0.446. The van der Waals surface area contributed by atoms with Gasteiger partial charge in [0, 0.05) is 5.39 Å². The summed E-state index contributed by atoms with van der Waals surface area (Å²) in [4.78, 5) is 15.4. The molecule has 0 radical (unpaired) electrons. The Morgan fingerprint density at radius 2 is 1.68 bits per heavy atom. The lowest BCUT2D eigenvalue weighted by atomic mass is 10.0. The normalized spacial score (nSPS) is 19.8. The molecule has 0 bridgehead atoms. The van der Waals surface area contributed by atoms with Crippen LogP contribution in [-0.2, 0) is 6.54 Å². The van der Waals surface area contributed by atoms with Crippen LogP contribution in [0.25, 0.3) is 22.1 Å². The molecule has 1 aliphatic heterocycles. The predicted molar refractivity (Wildman–Crippen MR) is 107 cm³/mol. The zero-order valence-corrected chi connectivity index (χ0v) is 15.8. The van der Waals surface area contributed by atoms with Crippen molar-refractivity contribution in [1.82, 2.24) is 0 Å². The third kappa shape index (κ3) is 3.80. The van der Waals surface area contributed by atoms with E-state index in [1.54, 1.807) is 12.1 Å². The van der Waals surface area contributed by atoms with E-state index in [1.165, 1.54) is 9.80 Å². The van der Waals surface area contributed by atoms with Gasteiger partial charge in [0.25, 0.3) is 0 Å². The van der Waals surface area contributed by atoms with Crippen LogP contribution in [0.1, 0.15) is 5.56 Å². The molecule has 0 unspecified atom stereocenters. The Morgan fingerprint density at radius 3 is 2.39 bits per heavy atom. The molecule has 28 heavy (non-hydrogen) atoms. The van der Waals surface area contributed by atoms with E-state index >= 15 is 0 Å². The Balaban J connectivity index is 1.65. The molecule has 3 aromatic rings. The van der Waals surface area contributed by atoms with Crippen molar-refractivity contribution in [3.8, 4) is 16.9 Å². The Labute approximate surface area is 163 Å². The van der Waals surface area contributed by atoms with E-state index in [2.05, 4.69) is 0 Å². The van der Waals surface area contributed by atoms with Crippen LogP contribution < -0.4 is 15.4 Å². The van der Waals surface area contributed by atoms with Gasteiger partial charge in [0.15, 0.2) is 5.58 Å². The molecular weight excluding hydrogens is 356 g/mol. The van der Waals surface area contributed by atoms with Crippen LogP contribution in [-0.4, -0.2) is 49.5 Å². The summed E-state index contributed by atoms with van der Waals surface area (Å²) in [6, 6.07) is 14.8. The SMILES string of the molecule is O=c1oc2c(C[NH+]3CC[NH+](CCO)CC3)c(O)ccc2cc1-c1ccccc1. The number of nitrogens with one attached hydrogen (secondary N) is 2. The van der Waals surface area contributed by atoms with Crippen molar-refractivity contribution >= 4 is 11.0 Å². The van der Waals surface area contributed by atoms with Crippen molar-refractivity contribution in [3.05, 3.63) is 64.5 Å². The maximum atomic E-state index is 12.6. The molecule has 1 fully saturated rings. The lowest BCUT2D eigenvalue weighted by Crippen LogP contribution is -3.27. The van der Waals surface area contributed by atoms with E-state index in [-0.39, 0.29) is 12.4 Å². The lowest BCUT2D eigenvalue weighted by molar-refractivity contribution is -1.02. The third-order valence-electron chi connectivity index (χ3n) is 5.62. The molecule has 0 saturated carbocycles. The first-order valence-corrected chi connectivity index (χ1v) is 9.78. The number of aromatic hydroxyl groups is 1. The minimum atomic E-state index is -0.391. The molecule has 6 heteroatoms. The van der Waals surface area contributed by atoms with Gasteiger partial charge < -0.3 is 24.4 Å². The van der Waals surface area contributed by atoms with Crippen molar-refractivity contribution in [1.29, 1.82) is 0 Å². The van der Waals surface area contributed by atoms with Crippen LogP contribution in [0.15, 0.2) is 57.7 Å². The second-order valence-electron chi connectivity index (χ2n) is 7.45. The highest BCUT2D eigenvalue weighted by atomic mass is 16.4. The van der Waals surface area contributed by atoms with Gasteiger partial charge in [0.2, 0.25) is 0 Å². The Morgan fingerprint density at radius 1 is 0.964 bits per heavy atom. The number of aliphatic hydroxyl groups excluding tert-OH is 1. The number of hydrogen-bond acceptors (Lipinski definition) is 4. The molecule has 1 saturated heterocycles. The van der Waals surface area contributed by atoms with Crippen LogP contribution in [0.3, 0.4) is 0 Å². The van der Waals surface area contributed by atoms with E-state index in [0.29, 0.717) is 23.3 Å². The summed E-state index contributed by atoms with van der Waals surface area (Å²) in [6.45, 7) is 5.50. The Hall–Kier alpha value is -2.67. The van der Waals surface area contributed by atoms with Gasteiger partial charge in [0.1, 0.15) is 45.0 Å². The predicted octanol–water partition coefficient (Wildman–Crippen LogP) is -0.559. The smallest absolute Gasteiger partial charge is 0.344 e. The van der Waals surface area contributed by atoms with E-state index in [0.717, 1.165) is 43.7 Å². The molecular formula is C22H26N2O4+2. The van der Waals surface area contributed by atoms with E-state index in [1.807, 2.05) is 36.4 Å². The molecule has 0 spiro atoms. The number of rotatable bonds is 5. The first-order chi connectivity index (χ1) is 13.7. The monoisotopic (exact) mass is 382 g/mol.